The molecule has 37 heavy (non-hydrogen) atoms. The number of hydrogen-bond acceptors (Lipinski definition) is 4. The second-order valence-electron chi connectivity index (χ2n) is 9.63. The lowest BCUT2D eigenvalue weighted by molar-refractivity contribution is -0.137. The minimum absolute atomic E-state index is 0.138. The number of phenols is 1. The van der Waals surface area contributed by atoms with Crippen molar-refractivity contribution in [3.63, 3.8) is 0 Å². The Balaban J connectivity index is 1.31. The highest BCUT2D eigenvalue weighted by Gasteiger charge is 2.33. The molecule has 3 aliphatic rings. The van der Waals surface area contributed by atoms with Gasteiger partial charge < -0.3 is 5.11 Å². The molecule has 5 rings (SSSR count). The summed E-state index contributed by atoms with van der Waals surface area (Å²) in [6, 6.07) is 11.9. The molecule has 190 valence electrons. The number of aromatic hydroxyl groups is 1. The normalized spacial score (nSPS) is 22.1. The SMILES string of the molecule is [B]C1=C2N=C(c3ccccc3O)C=C(CC3CCCC(C(=O)c4cccc(C(F)(F)F)c4)CC3)N2I=C1. The number of benzene rings is 2. The molecule has 2 atom stereocenters. The first-order chi connectivity index (χ1) is 17.7. The van der Waals surface area contributed by atoms with E-state index in [-0.39, 0.29) is 23.0 Å². The summed E-state index contributed by atoms with van der Waals surface area (Å²) in [7, 11) is 6.24. The molecule has 0 aromatic heterocycles. The predicted molar refractivity (Wildman–Crippen MR) is 148 cm³/mol. The van der Waals surface area contributed by atoms with Gasteiger partial charge in [-0.3, -0.25) is 7.91 Å². The van der Waals surface area contributed by atoms with Crippen molar-refractivity contribution in [1.82, 2.24) is 3.11 Å². The van der Waals surface area contributed by atoms with E-state index in [9.17, 15) is 23.1 Å². The van der Waals surface area contributed by atoms with Crippen LogP contribution in [0.4, 0.5) is 13.2 Å². The number of halogens is 4. The fourth-order valence-electron chi connectivity index (χ4n) is 5.17. The number of fused-ring (bicyclic) bond motifs is 1. The van der Waals surface area contributed by atoms with Gasteiger partial charge in [-0.25, -0.2) is 4.99 Å². The molecular formula is C28H25BF3IN2O2. The van der Waals surface area contributed by atoms with Gasteiger partial charge in [0.05, 0.1) is 11.3 Å². The van der Waals surface area contributed by atoms with E-state index in [1.54, 1.807) is 12.1 Å². The van der Waals surface area contributed by atoms with Crippen LogP contribution in [-0.2, 0) is 6.18 Å². The predicted octanol–water partition coefficient (Wildman–Crippen LogP) is 6.91. The number of alkyl halides is 3. The van der Waals surface area contributed by atoms with Gasteiger partial charge in [-0.05, 0) is 71.4 Å². The standard InChI is InChI=1S/C28H25BF3IN2O2/c29-23-16-33-35-21(15-24(34-27(23)35)22-9-1-2-10-25(22)36)13-17-5-3-6-18(12-11-17)26(37)19-7-4-8-20(14-19)28(30,31)32/h1-2,4,7-10,14-18,36H,3,5-6,11-13H2. The topological polar surface area (TPSA) is 52.9 Å². The first-order valence-electron chi connectivity index (χ1n) is 12.3. The number of carbonyl (C=O) groups excluding carboxylic acids is 1. The number of phenolic OH excluding ortho intramolecular Hbond substituents is 1. The van der Waals surface area contributed by atoms with Crippen LogP contribution < -0.4 is 0 Å². The summed E-state index contributed by atoms with van der Waals surface area (Å²) in [6.07, 6.45) is 2.29. The molecule has 0 saturated heterocycles. The second kappa shape index (κ2) is 10.6. The summed E-state index contributed by atoms with van der Waals surface area (Å²) in [4.78, 5) is 17.8. The van der Waals surface area contributed by atoms with Crippen molar-refractivity contribution >= 4 is 44.4 Å². The van der Waals surface area contributed by atoms with E-state index in [0.29, 0.717) is 35.5 Å². The van der Waals surface area contributed by atoms with Gasteiger partial charge in [0.2, 0.25) is 0 Å². The lowest BCUT2D eigenvalue weighted by Crippen LogP contribution is -2.20. The van der Waals surface area contributed by atoms with E-state index < -0.39 is 32.7 Å². The maximum atomic E-state index is 13.1. The number of allylic oxidation sites excluding steroid dienone is 3. The number of Topliss-reactive ketones (excluding diaryl/α,β-unsaturated/α-hetero) is 1. The van der Waals surface area contributed by atoms with Crippen molar-refractivity contribution in [2.24, 2.45) is 16.8 Å². The second-order valence-corrected chi connectivity index (χ2v) is 11.8. The van der Waals surface area contributed by atoms with Gasteiger partial charge in [-0.15, -0.1) is 0 Å². The van der Waals surface area contributed by atoms with Crippen LogP contribution in [0, 0.1) is 11.8 Å². The Morgan fingerprint density at radius 2 is 1.92 bits per heavy atom. The Kier molecular flexibility index (Phi) is 7.43. The van der Waals surface area contributed by atoms with Crippen molar-refractivity contribution in [3.05, 3.63) is 88.3 Å². The maximum absolute atomic E-state index is 13.1. The summed E-state index contributed by atoms with van der Waals surface area (Å²) in [5.41, 5.74) is 2.44. The van der Waals surface area contributed by atoms with Crippen LogP contribution in [0.2, 0.25) is 0 Å². The van der Waals surface area contributed by atoms with Gasteiger partial charge in [0.15, 0.2) is 5.78 Å². The van der Waals surface area contributed by atoms with Gasteiger partial charge in [-0.2, -0.15) is 13.2 Å². The molecule has 1 saturated carbocycles. The molecule has 1 N–H and O–H groups in total. The van der Waals surface area contributed by atoms with Crippen LogP contribution in [0.5, 0.6) is 5.75 Å². The van der Waals surface area contributed by atoms with Crippen LogP contribution in [0.15, 0.2) is 76.6 Å². The highest BCUT2D eigenvalue weighted by molar-refractivity contribution is 14.2. The van der Waals surface area contributed by atoms with Gasteiger partial charge >= 0.3 is 6.18 Å². The smallest absolute Gasteiger partial charge is 0.416 e. The summed E-state index contributed by atoms with van der Waals surface area (Å²) >= 11 is -0.471. The van der Waals surface area contributed by atoms with Crippen LogP contribution >= 0.6 is 21.0 Å². The van der Waals surface area contributed by atoms with E-state index in [1.165, 1.54) is 12.1 Å². The molecule has 0 bridgehead atoms. The van der Waals surface area contributed by atoms with Crippen molar-refractivity contribution in [1.29, 1.82) is 0 Å². The molecular weight excluding hydrogens is 591 g/mol. The van der Waals surface area contributed by atoms with Crippen molar-refractivity contribution in [2.75, 3.05) is 0 Å². The van der Waals surface area contributed by atoms with Crippen molar-refractivity contribution < 1.29 is 23.1 Å². The Bertz CT molecular complexity index is 1350. The third-order valence-corrected chi connectivity index (χ3v) is 9.68. The Hall–Kier alpha value is -2.69. The molecule has 2 heterocycles. The number of ketones is 1. The lowest BCUT2D eigenvalue weighted by atomic mass is 9.89. The Labute approximate surface area is 225 Å². The molecule has 1 fully saturated rings. The molecule has 1 aliphatic carbocycles. The molecule has 2 unspecified atom stereocenters. The zero-order valence-electron chi connectivity index (χ0n) is 20.0. The third-order valence-electron chi connectivity index (χ3n) is 7.10. The monoisotopic (exact) mass is 616 g/mol. The summed E-state index contributed by atoms with van der Waals surface area (Å²) in [5, 5.41) is 10.4. The molecule has 4 nitrogen and oxygen atoms in total. The number of hydrogen-bond donors (Lipinski definition) is 1. The van der Waals surface area contributed by atoms with Crippen LogP contribution in [0.25, 0.3) is 0 Å². The zero-order valence-corrected chi connectivity index (χ0v) is 22.2. The van der Waals surface area contributed by atoms with Crippen LogP contribution in [-0.4, -0.2) is 31.6 Å². The largest absolute Gasteiger partial charge is 0.507 e. The van der Waals surface area contributed by atoms with Gasteiger partial charge in [0, 0.05) is 43.7 Å². The molecule has 0 spiro atoms. The molecule has 2 aliphatic heterocycles. The van der Waals surface area contributed by atoms with Crippen molar-refractivity contribution in [2.45, 2.75) is 44.7 Å². The number of rotatable bonds is 5. The first-order valence-corrected chi connectivity index (χ1v) is 14.5. The highest BCUT2D eigenvalue weighted by Crippen LogP contribution is 2.41. The van der Waals surface area contributed by atoms with E-state index in [0.717, 1.165) is 49.3 Å². The van der Waals surface area contributed by atoms with E-state index in [4.69, 9.17) is 12.8 Å². The maximum Gasteiger partial charge on any atom is 0.416 e. The number of carbonyl (C=O) groups is 1. The first kappa shape index (κ1) is 25.9. The quantitative estimate of drug-likeness (QED) is 0.131. The number of nitrogens with zero attached hydrogens (tertiary/aromatic N) is 2. The summed E-state index contributed by atoms with van der Waals surface area (Å²) in [5.74, 6) is 0.754. The summed E-state index contributed by atoms with van der Waals surface area (Å²) < 4.78 is 43.6. The van der Waals surface area contributed by atoms with Gasteiger partial charge in [-0.1, -0.05) is 37.1 Å². The average Bonchev–Trinajstić information content (AvgIpc) is 3.10. The highest BCUT2D eigenvalue weighted by atomic mass is 127. The van der Waals surface area contributed by atoms with Gasteiger partial charge in [0.1, 0.15) is 19.4 Å². The van der Waals surface area contributed by atoms with E-state index >= 15 is 0 Å². The molecule has 2 aromatic carbocycles. The molecule has 0 amide bonds. The van der Waals surface area contributed by atoms with E-state index in [1.807, 2.05) is 22.2 Å². The minimum Gasteiger partial charge on any atom is -0.507 e. The molecule has 2 aromatic rings. The van der Waals surface area contributed by atoms with Crippen LogP contribution in [0.3, 0.4) is 0 Å². The number of para-hydroxylation sites is 1. The Morgan fingerprint density at radius 1 is 1.11 bits per heavy atom. The lowest BCUT2D eigenvalue weighted by Gasteiger charge is -2.28. The Morgan fingerprint density at radius 3 is 2.70 bits per heavy atom. The van der Waals surface area contributed by atoms with Crippen molar-refractivity contribution in [3.8, 4) is 5.75 Å². The molecule has 2 radical (unpaired) electrons. The zero-order chi connectivity index (χ0) is 26.2. The van der Waals surface area contributed by atoms with Crippen LogP contribution in [0.1, 0.15) is 60.0 Å². The fraction of sp³-hybridized carbons (Fsp3) is 0.321. The summed E-state index contributed by atoms with van der Waals surface area (Å²) in [6.45, 7) is 0. The van der Waals surface area contributed by atoms with Gasteiger partial charge in [0.25, 0.3) is 0 Å². The minimum atomic E-state index is -4.47. The average molecular weight is 616 g/mol. The van der Waals surface area contributed by atoms with E-state index in [2.05, 4.69) is 3.11 Å². The third kappa shape index (κ3) is 5.61. The molecule has 9 heteroatoms. The fourth-order valence-corrected chi connectivity index (χ4v) is 7.37. The number of aliphatic imine (C=N–C) groups is 1.